The largest absolute Gasteiger partial charge is 0.472 e. The number of ether oxygens (including phenoxy) is 3. The van der Waals surface area contributed by atoms with Crippen molar-refractivity contribution in [2.45, 2.75) is 334 Å². The highest BCUT2D eigenvalue weighted by molar-refractivity contribution is 7.47. The highest BCUT2D eigenvalue weighted by Crippen LogP contribution is 2.45. The number of allylic oxidation sites excluding steroid dienone is 18. The molecule has 5 atom stereocenters. The Morgan fingerprint density at radius 1 is 0.299 bits per heavy atom. The molecule has 16 nitrogen and oxygen atoms in total. The van der Waals surface area contributed by atoms with Crippen molar-refractivity contribution in [3.05, 3.63) is 109 Å². The fraction of sp³-hybridized carbons (Fsp3) is 0.734. The lowest BCUT2D eigenvalue weighted by Crippen LogP contribution is -2.30. The molecule has 0 spiro atoms. The van der Waals surface area contributed by atoms with Crippen LogP contribution in [0, 0.1) is 0 Å². The minimum Gasteiger partial charge on any atom is -0.463 e. The van der Waals surface area contributed by atoms with Gasteiger partial charge in [-0.3, -0.25) is 32.5 Å². The third-order valence-corrected chi connectivity index (χ3v) is 17.9. The van der Waals surface area contributed by atoms with Gasteiger partial charge in [-0.1, -0.05) is 284 Å². The van der Waals surface area contributed by atoms with Gasteiger partial charge in [0.25, 0.3) is 0 Å². The van der Waals surface area contributed by atoms with Crippen molar-refractivity contribution in [1.29, 1.82) is 0 Å². The molecule has 0 aliphatic rings. The Bertz CT molecular complexity index is 2200. The maximum atomic E-state index is 12.9. The first kappa shape index (κ1) is 93.2. The standard InChI is InChI=1S/C79H138O16P2/c1-4-7-10-13-16-19-22-25-27-29-30-31-32-33-34-35-36-37-38-39-40-41-42-44-46-48-50-53-56-59-62-65-77(82)89-68-74(80)69-91-96(85,86)92-70-75(81)71-93-97(87,88)94-73-76(95-79(84)67-64-61-58-55-52-47-24-21-18-15-12-9-6-3)72-90-78(83)66-63-60-57-54-51-49-45-43-28-26-23-20-17-14-11-8-5-2/h7-8,10-11,16-17,19-21,24-28,30-31,33-34,74-76,80-81H,4-6,9,12-15,18,22-23,29,32,35-73H2,1-3H3,(H,85,86)(H,87,88)/b10-7-,11-8-,19-16-,20-17-,24-21-,27-25-,28-26-,31-30-,34-33-. The predicted molar refractivity (Wildman–Crippen MR) is 399 cm³/mol. The van der Waals surface area contributed by atoms with E-state index >= 15 is 0 Å². The summed E-state index contributed by atoms with van der Waals surface area (Å²) in [5.74, 6) is -1.59. The second-order valence-electron chi connectivity index (χ2n) is 25.4. The Hall–Kier alpha value is -3.79. The first-order valence-corrected chi connectivity index (χ1v) is 41.2. The minimum atomic E-state index is -4.93. The molecular formula is C79H138O16P2. The highest BCUT2D eigenvalue weighted by atomic mass is 31.2. The van der Waals surface area contributed by atoms with Crippen LogP contribution in [0.15, 0.2) is 109 Å². The Labute approximate surface area is 590 Å². The number of phosphoric acid groups is 2. The molecule has 0 radical (unpaired) electrons. The minimum absolute atomic E-state index is 0.0925. The summed E-state index contributed by atoms with van der Waals surface area (Å²) in [5, 5.41) is 20.6. The van der Waals surface area contributed by atoms with Crippen molar-refractivity contribution in [2.75, 3.05) is 39.6 Å². The number of unbranched alkanes of at least 4 members (excludes halogenated alkanes) is 31. The van der Waals surface area contributed by atoms with E-state index in [1.807, 2.05) is 0 Å². The van der Waals surface area contributed by atoms with Crippen LogP contribution in [0.2, 0.25) is 0 Å². The lowest BCUT2D eigenvalue weighted by atomic mass is 10.0. The zero-order valence-electron chi connectivity index (χ0n) is 61.0. The molecule has 0 saturated carbocycles. The normalized spacial score (nSPS) is 14.7. The van der Waals surface area contributed by atoms with Crippen LogP contribution in [0.1, 0.15) is 316 Å². The van der Waals surface area contributed by atoms with Crippen LogP contribution in [-0.2, 0) is 55.8 Å². The van der Waals surface area contributed by atoms with Crippen molar-refractivity contribution < 1.29 is 75.8 Å². The van der Waals surface area contributed by atoms with Crippen LogP contribution < -0.4 is 0 Å². The molecule has 0 rings (SSSR count). The fourth-order valence-electron chi connectivity index (χ4n) is 10.2. The van der Waals surface area contributed by atoms with E-state index in [1.54, 1.807) is 0 Å². The molecule has 18 heteroatoms. The van der Waals surface area contributed by atoms with Gasteiger partial charge in [-0.05, 0) is 122 Å². The number of carbonyl (C=O) groups excluding carboxylic acids is 3. The number of rotatable bonds is 72. The summed E-state index contributed by atoms with van der Waals surface area (Å²) in [6.07, 6.45) is 83.0. The SMILES string of the molecule is CC/C=C\C/C=C\C/C=C\C/C=C\C/C=C\CCCCCCCCCCCCCCCCCC(=O)OCC(O)COP(=O)(O)OCC(O)COP(=O)(O)OCC(COC(=O)CCCCCCCCC/C=C\C/C=C\C/C=C\CC)OC(=O)CCCCCCC/C=C\CCCCCC. The third-order valence-electron chi connectivity index (χ3n) is 16.0. The average molecular weight is 1410 g/mol. The number of phosphoric ester groups is 2. The number of carbonyl (C=O) groups is 3. The van der Waals surface area contributed by atoms with Crippen LogP contribution in [0.5, 0.6) is 0 Å². The van der Waals surface area contributed by atoms with Gasteiger partial charge in [0.1, 0.15) is 25.4 Å². The molecule has 0 fully saturated rings. The van der Waals surface area contributed by atoms with Crippen LogP contribution in [-0.4, -0.2) is 95.9 Å². The summed E-state index contributed by atoms with van der Waals surface area (Å²) in [5.41, 5.74) is 0. The van der Waals surface area contributed by atoms with Gasteiger partial charge in [-0.2, -0.15) is 0 Å². The molecule has 0 aliphatic heterocycles. The molecule has 0 saturated heterocycles. The van der Waals surface area contributed by atoms with Crippen LogP contribution >= 0.6 is 15.6 Å². The van der Waals surface area contributed by atoms with Crippen molar-refractivity contribution in [3.8, 4) is 0 Å². The monoisotopic (exact) mass is 1400 g/mol. The molecule has 0 bridgehead atoms. The molecule has 0 aromatic heterocycles. The molecule has 0 amide bonds. The van der Waals surface area contributed by atoms with Gasteiger partial charge in [0.15, 0.2) is 6.10 Å². The lowest BCUT2D eigenvalue weighted by molar-refractivity contribution is -0.161. The molecule has 0 aliphatic carbocycles. The quantitative estimate of drug-likeness (QED) is 0.0146. The number of aliphatic hydroxyl groups is 2. The fourth-order valence-corrected chi connectivity index (χ4v) is 11.8. The second-order valence-corrected chi connectivity index (χ2v) is 28.3. The maximum absolute atomic E-state index is 12.9. The number of hydrogen-bond acceptors (Lipinski definition) is 14. The summed E-state index contributed by atoms with van der Waals surface area (Å²) in [6, 6.07) is 0. The molecule has 5 unspecified atom stereocenters. The summed E-state index contributed by atoms with van der Waals surface area (Å²) in [7, 11) is -9.78. The van der Waals surface area contributed by atoms with Gasteiger partial charge in [-0.15, -0.1) is 0 Å². The van der Waals surface area contributed by atoms with E-state index in [0.717, 1.165) is 154 Å². The van der Waals surface area contributed by atoms with E-state index in [0.29, 0.717) is 19.3 Å². The Morgan fingerprint density at radius 2 is 0.546 bits per heavy atom. The van der Waals surface area contributed by atoms with Gasteiger partial charge in [0.2, 0.25) is 0 Å². The third kappa shape index (κ3) is 73.3. The molecule has 0 heterocycles. The number of hydrogen-bond donors (Lipinski definition) is 4. The summed E-state index contributed by atoms with van der Waals surface area (Å²) in [4.78, 5) is 58.5. The zero-order chi connectivity index (χ0) is 70.9. The highest BCUT2D eigenvalue weighted by Gasteiger charge is 2.29. The van der Waals surface area contributed by atoms with Gasteiger partial charge >= 0.3 is 33.6 Å². The lowest BCUT2D eigenvalue weighted by Gasteiger charge is -2.21. The Morgan fingerprint density at radius 3 is 0.876 bits per heavy atom. The van der Waals surface area contributed by atoms with E-state index < -0.39 is 91.5 Å². The predicted octanol–water partition coefficient (Wildman–Crippen LogP) is 22.0. The van der Waals surface area contributed by atoms with Gasteiger partial charge < -0.3 is 34.2 Å². The van der Waals surface area contributed by atoms with Crippen molar-refractivity contribution in [2.24, 2.45) is 0 Å². The summed E-state index contributed by atoms with van der Waals surface area (Å²) >= 11 is 0. The van der Waals surface area contributed by atoms with E-state index in [2.05, 4.69) is 130 Å². The van der Waals surface area contributed by atoms with E-state index in [-0.39, 0.29) is 19.3 Å². The molecule has 97 heavy (non-hydrogen) atoms. The zero-order valence-corrected chi connectivity index (χ0v) is 62.8. The van der Waals surface area contributed by atoms with Gasteiger partial charge in [0, 0.05) is 19.3 Å². The molecular weight excluding hydrogens is 1270 g/mol. The smallest absolute Gasteiger partial charge is 0.463 e. The topological polar surface area (TPSA) is 231 Å². The van der Waals surface area contributed by atoms with E-state index in [9.17, 15) is 43.5 Å². The molecule has 0 aromatic rings. The summed E-state index contributed by atoms with van der Waals surface area (Å²) in [6.45, 7) is 2.43. The van der Waals surface area contributed by atoms with E-state index in [4.69, 9.17) is 32.3 Å². The first-order chi connectivity index (χ1) is 47.2. The van der Waals surface area contributed by atoms with Crippen LogP contribution in [0.3, 0.4) is 0 Å². The van der Waals surface area contributed by atoms with Gasteiger partial charge in [0.05, 0.1) is 26.4 Å². The van der Waals surface area contributed by atoms with Gasteiger partial charge in [-0.25, -0.2) is 9.13 Å². The van der Waals surface area contributed by atoms with Crippen molar-refractivity contribution in [1.82, 2.24) is 0 Å². The Balaban J connectivity index is 4.42. The molecule has 4 N–H and O–H groups in total. The Kier molecular flexibility index (Phi) is 69.2. The molecule has 0 aromatic carbocycles. The van der Waals surface area contributed by atoms with E-state index in [1.165, 1.54) is 103 Å². The second kappa shape index (κ2) is 72.0. The molecule has 560 valence electrons. The van der Waals surface area contributed by atoms with Crippen molar-refractivity contribution in [3.63, 3.8) is 0 Å². The number of esters is 3. The first-order valence-electron chi connectivity index (χ1n) is 38.2. The van der Waals surface area contributed by atoms with Crippen LogP contribution in [0.4, 0.5) is 0 Å². The van der Waals surface area contributed by atoms with Crippen molar-refractivity contribution >= 4 is 33.6 Å². The summed E-state index contributed by atoms with van der Waals surface area (Å²) < 4.78 is 61.0. The average Bonchev–Trinajstić information content (AvgIpc) is 1.62. The maximum Gasteiger partial charge on any atom is 0.472 e. The van der Waals surface area contributed by atoms with Crippen LogP contribution in [0.25, 0.3) is 0 Å². The number of aliphatic hydroxyl groups excluding tert-OH is 2.